The number of aryl methyl sites for hydroxylation is 1. The fraction of sp³-hybridized carbons (Fsp3) is 0.368. The Balaban J connectivity index is 2.07. The van der Waals surface area contributed by atoms with Crippen LogP contribution in [0.4, 0.5) is 0 Å². The molecule has 0 saturated carbocycles. The molecule has 3 heterocycles. The van der Waals surface area contributed by atoms with Gasteiger partial charge < -0.3 is 14.6 Å². The first-order chi connectivity index (χ1) is 12.9. The van der Waals surface area contributed by atoms with Crippen molar-refractivity contribution in [1.82, 2.24) is 15.5 Å². The van der Waals surface area contributed by atoms with Gasteiger partial charge in [-0.2, -0.15) is 0 Å². The van der Waals surface area contributed by atoms with Crippen LogP contribution in [0.1, 0.15) is 42.7 Å². The summed E-state index contributed by atoms with van der Waals surface area (Å²) in [4.78, 5) is 30.8. The van der Waals surface area contributed by atoms with Gasteiger partial charge in [-0.1, -0.05) is 24.6 Å². The van der Waals surface area contributed by atoms with E-state index in [1.165, 1.54) is 18.4 Å². The SMILES string of the molecule is CCCC(C)(NC(=O)c1cc(-c2cccs2)nc2onc(C)c12)C(=O)OC. The minimum Gasteiger partial charge on any atom is -0.467 e. The Morgan fingerprint density at radius 3 is 2.81 bits per heavy atom. The molecular formula is C19H21N3O4S. The van der Waals surface area contributed by atoms with Crippen LogP contribution in [0.5, 0.6) is 0 Å². The summed E-state index contributed by atoms with van der Waals surface area (Å²) in [7, 11) is 1.31. The van der Waals surface area contributed by atoms with E-state index in [9.17, 15) is 9.59 Å². The Labute approximate surface area is 160 Å². The Morgan fingerprint density at radius 2 is 2.19 bits per heavy atom. The number of methoxy groups -OCH3 is 1. The van der Waals surface area contributed by atoms with Crippen LogP contribution >= 0.6 is 11.3 Å². The average Bonchev–Trinajstić information content (AvgIpc) is 3.30. The lowest BCUT2D eigenvalue weighted by atomic mass is 9.95. The van der Waals surface area contributed by atoms with Gasteiger partial charge in [-0.15, -0.1) is 11.3 Å². The summed E-state index contributed by atoms with van der Waals surface area (Å²) in [5.74, 6) is -0.878. The molecule has 142 valence electrons. The third-order valence-corrected chi connectivity index (χ3v) is 5.30. The molecule has 0 bridgehead atoms. The van der Waals surface area contributed by atoms with E-state index in [1.54, 1.807) is 19.9 Å². The summed E-state index contributed by atoms with van der Waals surface area (Å²) in [5.41, 5.74) is 0.724. The first-order valence-corrected chi connectivity index (χ1v) is 9.49. The zero-order valence-corrected chi connectivity index (χ0v) is 16.5. The molecule has 0 aromatic carbocycles. The summed E-state index contributed by atoms with van der Waals surface area (Å²) in [5, 5.41) is 9.25. The molecule has 8 heteroatoms. The zero-order valence-electron chi connectivity index (χ0n) is 15.7. The van der Waals surface area contributed by atoms with Gasteiger partial charge in [0, 0.05) is 0 Å². The van der Waals surface area contributed by atoms with E-state index in [1.807, 2.05) is 24.4 Å². The third kappa shape index (κ3) is 3.57. The van der Waals surface area contributed by atoms with Crippen LogP contribution in [0.3, 0.4) is 0 Å². The number of ether oxygens (including phenoxy) is 1. The lowest BCUT2D eigenvalue weighted by molar-refractivity contribution is -0.147. The monoisotopic (exact) mass is 387 g/mol. The highest BCUT2D eigenvalue weighted by Gasteiger charge is 2.36. The van der Waals surface area contributed by atoms with Crippen LogP contribution in [-0.2, 0) is 9.53 Å². The topological polar surface area (TPSA) is 94.3 Å². The van der Waals surface area contributed by atoms with E-state index < -0.39 is 17.4 Å². The lowest BCUT2D eigenvalue weighted by Gasteiger charge is -2.27. The second-order valence-electron chi connectivity index (χ2n) is 6.51. The van der Waals surface area contributed by atoms with Crippen LogP contribution in [0, 0.1) is 6.92 Å². The van der Waals surface area contributed by atoms with Gasteiger partial charge in [0.25, 0.3) is 11.6 Å². The summed E-state index contributed by atoms with van der Waals surface area (Å²) in [6, 6.07) is 5.53. The minimum atomic E-state index is -1.12. The summed E-state index contributed by atoms with van der Waals surface area (Å²) < 4.78 is 10.2. The first kappa shape index (κ1) is 19.0. The third-order valence-electron chi connectivity index (χ3n) is 4.41. The van der Waals surface area contributed by atoms with Crippen molar-refractivity contribution in [3.05, 3.63) is 34.8 Å². The van der Waals surface area contributed by atoms with Gasteiger partial charge in [0.1, 0.15) is 5.54 Å². The molecular weight excluding hydrogens is 366 g/mol. The molecule has 3 aromatic rings. The number of pyridine rings is 1. The maximum absolute atomic E-state index is 13.1. The lowest BCUT2D eigenvalue weighted by Crippen LogP contribution is -2.52. The smallest absolute Gasteiger partial charge is 0.331 e. The predicted molar refractivity (Wildman–Crippen MR) is 103 cm³/mol. The van der Waals surface area contributed by atoms with Crippen LogP contribution in [-0.4, -0.2) is 34.7 Å². The van der Waals surface area contributed by atoms with Crippen molar-refractivity contribution in [2.24, 2.45) is 0 Å². The molecule has 0 fully saturated rings. The van der Waals surface area contributed by atoms with Crippen LogP contribution in [0.25, 0.3) is 21.7 Å². The van der Waals surface area contributed by atoms with E-state index in [0.29, 0.717) is 40.9 Å². The van der Waals surface area contributed by atoms with Crippen molar-refractivity contribution in [2.45, 2.75) is 39.2 Å². The molecule has 3 rings (SSSR count). The molecule has 0 radical (unpaired) electrons. The standard InChI is InChI=1S/C19H21N3O4S/c1-5-8-19(3,18(24)25-4)21-16(23)12-10-13(14-7-6-9-27-14)20-17-15(12)11(2)22-26-17/h6-7,9-10H,5,8H2,1-4H3,(H,21,23). The Kier molecular flexibility index (Phi) is 5.27. The number of nitrogens with one attached hydrogen (secondary N) is 1. The number of hydrogen-bond acceptors (Lipinski definition) is 7. The molecule has 27 heavy (non-hydrogen) atoms. The number of rotatable bonds is 6. The van der Waals surface area contributed by atoms with Gasteiger partial charge in [0.05, 0.1) is 34.3 Å². The average molecular weight is 387 g/mol. The highest BCUT2D eigenvalue weighted by atomic mass is 32.1. The van der Waals surface area contributed by atoms with Gasteiger partial charge in [-0.05, 0) is 37.8 Å². The van der Waals surface area contributed by atoms with Crippen molar-refractivity contribution in [2.75, 3.05) is 7.11 Å². The zero-order chi connectivity index (χ0) is 19.6. The number of thiophene rings is 1. The summed E-state index contributed by atoms with van der Waals surface area (Å²) in [6.07, 6.45) is 1.17. The molecule has 3 aromatic heterocycles. The Hall–Kier alpha value is -2.74. The number of aromatic nitrogens is 2. The van der Waals surface area contributed by atoms with Gasteiger partial charge in [0.2, 0.25) is 0 Å². The fourth-order valence-corrected chi connectivity index (χ4v) is 3.77. The molecule has 0 aliphatic heterocycles. The van der Waals surface area contributed by atoms with Gasteiger partial charge in [-0.3, -0.25) is 4.79 Å². The number of hydrogen-bond donors (Lipinski definition) is 1. The van der Waals surface area contributed by atoms with Crippen LogP contribution < -0.4 is 5.32 Å². The molecule has 1 amide bonds. The van der Waals surface area contributed by atoms with Crippen LogP contribution in [0.2, 0.25) is 0 Å². The minimum absolute atomic E-state index is 0.291. The van der Waals surface area contributed by atoms with Crippen molar-refractivity contribution in [3.8, 4) is 10.6 Å². The maximum Gasteiger partial charge on any atom is 0.331 e. The number of carbonyl (C=O) groups excluding carboxylic acids is 2. The number of carbonyl (C=O) groups is 2. The molecule has 0 aliphatic carbocycles. The van der Waals surface area contributed by atoms with E-state index in [2.05, 4.69) is 15.5 Å². The Bertz CT molecular complexity index is 980. The number of nitrogens with zero attached hydrogens (tertiary/aromatic N) is 2. The molecule has 1 N–H and O–H groups in total. The number of fused-ring (bicyclic) bond motifs is 1. The molecule has 0 saturated heterocycles. The van der Waals surface area contributed by atoms with Crippen molar-refractivity contribution < 1.29 is 18.8 Å². The first-order valence-electron chi connectivity index (χ1n) is 8.61. The highest BCUT2D eigenvalue weighted by Crippen LogP contribution is 2.30. The van der Waals surface area contributed by atoms with E-state index in [-0.39, 0.29) is 0 Å². The summed E-state index contributed by atoms with van der Waals surface area (Å²) >= 11 is 1.51. The van der Waals surface area contributed by atoms with E-state index >= 15 is 0 Å². The van der Waals surface area contributed by atoms with E-state index in [4.69, 9.17) is 9.26 Å². The predicted octanol–water partition coefficient (Wildman–Crippen LogP) is 3.72. The second-order valence-corrected chi connectivity index (χ2v) is 7.46. The van der Waals surface area contributed by atoms with Crippen molar-refractivity contribution in [1.29, 1.82) is 0 Å². The van der Waals surface area contributed by atoms with Crippen molar-refractivity contribution >= 4 is 34.3 Å². The molecule has 1 atom stereocenters. The van der Waals surface area contributed by atoms with Gasteiger partial charge in [0.15, 0.2) is 0 Å². The van der Waals surface area contributed by atoms with Gasteiger partial charge >= 0.3 is 5.97 Å². The highest BCUT2D eigenvalue weighted by molar-refractivity contribution is 7.13. The van der Waals surface area contributed by atoms with Crippen LogP contribution in [0.15, 0.2) is 28.1 Å². The van der Waals surface area contributed by atoms with Crippen molar-refractivity contribution in [3.63, 3.8) is 0 Å². The fourth-order valence-electron chi connectivity index (χ4n) is 3.08. The maximum atomic E-state index is 13.1. The van der Waals surface area contributed by atoms with E-state index in [0.717, 1.165) is 4.88 Å². The quantitative estimate of drug-likeness (QED) is 0.648. The van der Waals surface area contributed by atoms with Gasteiger partial charge in [-0.25, -0.2) is 9.78 Å². The molecule has 1 unspecified atom stereocenters. The summed E-state index contributed by atoms with van der Waals surface area (Å²) in [6.45, 7) is 5.36. The number of amides is 1. The molecule has 0 spiro atoms. The molecule has 0 aliphatic rings. The second kappa shape index (κ2) is 7.48. The normalized spacial score (nSPS) is 13.3. The number of esters is 1. The largest absolute Gasteiger partial charge is 0.467 e. The Morgan fingerprint density at radius 1 is 1.41 bits per heavy atom. The molecule has 7 nitrogen and oxygen atoms in total.